The van der Waals surface area contributed by atoms with Crippen molar-refractivity contribution in [2.45, 2.75) is 0 Å². The van der Waals surface area contributed by atoms with E-state index in [2.05, 4.69) is 15.1 Å². The van der Waals surface area contributed by atoms with Crippen LogP contribution in [0.25, 0.3) is 0 Å². The van der Waals surface area contributed by atoms with Crippen molar-refractivity contribution in [1.29, 1.82) is 0 Å². The molecule has 2 fully saturated rings. The Hall–Kier alpha value is -0.690. The lowest BCUT2D eigenvalue weighted by Gasteiger charge is -2.31. The highest BCUT2D eigenvalue weighted by molar-refractivity contribution is 5.78. The summed E-state index contributed by atoms with van der Waals surface area (Å²) in [5.74, 6) is 0.256. The van der Waals surface area contributed by atoms with Crippen LogP contribution in [0.1, 0.15) is 0 Å². The van der Waals surface area contributed by atoms with Gasteiger partial charge in [0.05, 0.1) is 19.8 Å². The first-order valence-electron chi connectivity index (χ1n) is 7.23. The van der Waals surface area contributed by atoms with Crippen LogP contribution < -0.4 is 5.32 Å². The molecule has 2 heterocycles. The van der Waals surface area contributed by atoms with Crippen LogP contribution in [0.5, 0.6) is 0 Å². The summed E-state index contributed by atoms with van der Waals surface area (Å²) in [6, 6.07) is 0. The molecule has 0 radical (unpaired) electrons. The van der Waals surface area contributed by atoms with Crippen molar-refractivity contribution in [2.24, 2.45) is 0 Å². The predicted octanol–water partition coefficient (Wildman–Crippen LogP) is -1.32. The first kappa shape index (κ1) is 14.7. The van der Waals surface area contributed by atoms with Gasteiger partial charge in [0.2, 0.25) is 5.91 Å². The number of nitrogens with zero attached hydrogens (tertiary/aromatic N) is 3. The van der Waals surface area contributed by atoms with E-state index in [9.17, 15) is 4.79 Å². The van der Waals surface area contributed by atoms with Crippen molar-refractivity contribution in [3.63, 3.8) is 0 Å². The molecule has 0 aromatic heterocycles. The van der Waals surface area contributed by atoms with Crippen LogP contribution in [0, 0.1) is 0 Å². The Morgan fingerprint density at radius 1 is 1.21 bits per heavy atom. The lowest BCUT2D eigenvalue weighted by atomic mass is 10.3. The fourth-order valence-electron chi connectivity index (χ4n) is 2.46. The Morgan fingerprint density at radius 3 is 2.58 bits per heavy atom. The number of hydrogen-bond donors (Lipinski definition) is 1. The van der Waals surface area contributed by atoms with E-state index in [0.29, 0.717) is 6.54 Å². The number of hydrogen-bond acceptors (Lipinski definition) is 5. The maximum atomic E-state index is 12.1. The van der Waals surface area contributed by atoms with Crippen molar-refractivity contribution in [3.8, 4) is 0 Å². The molecule has 2 aliphatic heterocycles. The van der Waals surface area contributed by atoms with E-state index < -0.39 is 0 Å². The summed E-state index contributed by atoms with van der Waals surface area (Å²) in [4.78, 5) is 18.6. The average molecular weight is 270 g/mol. The molecular formula is C13H26N4O2. The van der Waals surface area contributed by atoms with Crippen LogP contribution >= 0.6 is 0 Å². The Balaban J connectivity index is 1.62. The SMILES string of the molecule is CN(CCN1CCOCC1)CC(=O)N1CCNCC1. The Morgan fingerprint density at radius 2 is 1.89 bits per heavy atom. The van der Waals surface area contributed by atoms with E-state index in [1.807, 2.05) is 11.9 Å². The summed E-state index contributed by atoms with van der Waals surface area (Å²) in [6.45, 7) is 9.72. The zero-order valence-electron chi connectivity index (χ0n) is 11.9. The molecule has 2 rings (SSSR count). The predicted molar refractivity (Wildman–Crippen MR) is 74.2 cm³/mol. The molecule has 0 aromatic carbocycles. The van der Waals surface area contributed by atoms with Gasteiger partial charge >= 0.3 is 0 Å². The molecule has 0 aliphatic carbocycles. The summed E-state index contributed by atoms with van der Waals surface area (Å²) in [5.41, 5.74) is 0. The monoisotopic (exact) mass is 270 g/mol. The number of morpholine rings is 1. The van der Waals surface area contributed by atoms with E-state index in [1.54, 1.807) is 0 Å². The number of ether oxygens (including phenoxy) is 1. The summed E-state index contributed by atoms with van der Waals surface area (Å²) in [7, 11) is 2.03. The van der Waals surface area contributed by atoms with Crippen molar-refractivity contribution in [1.82, 2.24) is 20.0 Å². The topological polar surface area (TPSA) is 48.1 Å². The van der Waals surface area contributed by atoms with Gasteiger partial charge in [0.25, 0.3) is 0 Å². The first-order chi connectivity index (χ1) is 9.25. The van der Waals surface area contributed by atoms with E-state index in [1.165, 1.54) is 0 Å². The van der Waals surface area contributed by atoms with Crippen LogP contribution in [0.4, 0.5) is 0 Å². The van der Waals surface area contributed by atoms with E-state index in [-0.39, 0.29) is 5.91 Å². The summed E-state index contributed by atoms with van der Waals surface area (Å²) in [5, 5.41) is 3.27. The number of carbonyl (C=O) groups excluding carboxylic acids is 1. The molecule has 0 aromatic rings. The van der Waals surface area contributed by atoms with Crippen LogP contribution in [0.15, 0.2) is 0 Å². The Kier molecular flexibility index (Phi) is 6.03. The van der Waals surface area contributed by atoms with Gasteiger partial charge in [-0.1, -0.05) is 0 Å². The Labute approximate surface area is 115 Å². The maximum absolute atomic E-state index is 12.1. The number of amides is 1. The summed E-state index contributed by atoms with van der Waals surface area (Å²) < 4.78 is 5.33. The van der Waals surface area contributed by atoms with Gasteiger partial charge in [-0.05, 0) is 7.05 Å². The molecule has 0 spiro atoms. The largest absolute Gasteiger partial charge is 0.379 e. The molecule has 1 amide bonds. The highest BCUT2D eigenvalue weighted by atomic mass is 16.5. The van der Waals surface area contributed by atoms with Gasteiger partial charge in [-0.2, -0.15) is 0 Å². The standard InChI is InChI=1S/C13H26N4O2/c1-15(6-7-16-8-10-19-11-9-16)12-13(18)17-4-2-14-3-5-17/h14H,2-12H2,1H3. The van der Waals surface area contributed by atoms with Crippen molar-refractivity contribution >= 4 is 5.91 Å². The fourth-order valence-corrected chi connectivity index (χ4v) is 2.46. The second-order valence-electron chi connectivity index (χ2n) is 5.32. The third-order valence-corrected chi connectivity index (χ3v) is 3.78. The average Bonchev–Trinajstić information content (AvgIpc) is 2.47. The minimum Gasteiger partial charge on any atom is -0.379 e. The minimum absolute atomic E-state index is 0.256. The summed E-state index contributed by atoms with van der Waals surface area (Å²) in [6.07, 6.45) is 0. The summed E-state index contributed by atoms with van der Waals surface area (Å²) >= 11 is 0. The minimum atomic E-state index is 0.256. The van der Waals surface area contributed by atoms with Gasteiger partial charge in [-0.25, -0.2) is 0 Å². The number of piperazine rings is 1. The molecular weight excluding hydrogens is 244 g/mol. The second-order valence-corrected chi connectivity index (χ2v) is 5.32. The highest BCUT2D eigenvalue weighted by Gasteiger charge is 2.18. The zero-order chi connectivity index (χ0) is 13.5. The van der Waals surface area contributed by atoms with Gasteiger partial charge in [-0.15, -0.1) is 0 Å². The molecule has 0 atom stereocenters. The fraction of sp³-hybridized carbons (Fsp3) is 0.923. The lowest BCUT2D eigenvalue weighted by Crippen LogP contribution is -2.50. The van der Waals surface area contributed by atoms with Gasteiger partial charge in [0, 0.05) is 52.4 Å². The Bertz CT molecular complexity index is 276. The molecule has 2 aliphatic rings. The van der Waals surface area contributed by atoms with Crippen molar-refractivity contribution in [2.75, 3.05) is 79.2 Å². The normalized spacial score (nSPS) is 21.9. The van der Waals surface area contributed by atoms with Crippen LogP contribution in [-0.2, 0) is 9.53 Å². The smallest absolute Gasteiger partial charge is 0.236 e. The quantitative estimate of drug-likeness (QED) is 0.672. The van der Waals surface area contributed by atoms with E-state index in [0.717, 1.165) is 65.6 Å². The van der Waals surface area contributed by atoms with Crippen LogP contribution in [0.3, 0.4) is 0 Å². The second kappa shape index (κ2) is 7.79. The molecule has 19 heavy (non-hydrogen) atoms. The molecule has 2 saturated heterocycles. The van der Waals surface area contributed by atoms with Gasteiger partial charge in [0.15, 0.2) is 0 Å². The molecule has 0 unspecified atom stereocenters. The maximum Gasteiger partial charge on any atom is 0.236 e. The van der Waals surface area contributed by atoms with Gasteiger partial charge in [0.1, 0.15) is 0 Å². The number of nitrogens with one attached hydrogen (secondary N) is 1. The molecule has 1 N–H and O–H groups in total. The lowest BCUT2D eigenvalue weighted by molar-refractivity contribution is -0.132. The number of likely N-dealkylation sites (N-methyl/N-ethyl adjacent to an activating group) is 1. The molecule has 0 bridgehead atoms. The first-order valence-corrected chi connectivity index (χ1v) is 7.23. The molecule has 6 heteroatoms. The molecule has 6 nitrogen and oxygen atoms in total. The van der Waals surface area contributed by atoms with Crippen LogP contribution in [0.2, 0.25) is 0 Å². The number of carbonyl (C=O) groups is 1. The highest BCUT2D eigenvalue weighted by Crippen LogP contribution is 1.98. The van der Waals surface area contributed by atoms with Crippen molar-refractivity contribution < 1.29 is 9.53 Å². The molecule has 110 valence electrons. The zero-order valence-corrected chi connectivity index (χ0v) is 11.9. The number of rotatable bonds is 5. The van der Waals surface area contributed by atoms with Gasteiger partial charge < -0.3 is 15.0 Å². The third-order valence-electron chi connectivity index (χ3n) is 3.78. The third kappa shape index (κ3) is 5.06. The molecule has 0 saturated carbocycles. The van der Waals surface area contributed by atoms with Gasteiger partial charge in [-0.3, -0.25) is 14.6 Å². The van der Waals surface area contributed by atoms with Crippen LogP contribution in [-0.4, -0.2) is 99.8 Å². The van der Waals surface area contributed by atoms with E-state index in [4.69, 9.17) is 4.74 Å². The van der Waals surface area contributed by atoms with Crippen molar-refractivity contribution in [3.05, 3.63) is 0 Å². The van der Waals surface area contributed by atoms with E-state index >= 15 is 0 Å².